The number of methoxy groups -OCH3 is 2. The molecule has 1 atom stereocenters. The number of pyridine rings is 1. The summed E-state index contributed by atoms with van der Waals surface area (Å²) in [6, 6.07) is 15.2. The molecule has 0 aliphatic carbocycles. The molecule has 0 radical (unpaired) electrons. The summed E-state index contributed by atoms with van der Waals surface area (Å²) in [4.78, 5) is 19.6. The second kappa shape index (κ2) is 10.3. The Balaban J connectivity index is 1.70. The fourth-order valence-corrected chi connectivity index (χ4v) is 5.86. The smallest absolute Gasteiger partial charge is 0.245 e. The molecule has 0 saturated carbocycles. The van der Waals surface area contributed by atoms with E-state index >= 15 is 0 Å². The molecule has 1 amide bonds. The quantitative estimate of drug-likeness (QED) is 0.509. The molecule has 1 fully saturated rings. The van der Waals surface area contributed by atoms with Crippen LogP contribution in [0.15, 0.2) is 71.8 Å². The van der Waals surface area contributed by atoms with Crippen LogP contribution in [0.5, 0.6) is 17.2 Å². The van der Waals surface area contributed by atoms with Crippen molar-refractivity contribution >= 4 is 21.6 Å². The maximum absolute atomic E-state index is 13.9. The first-order valence-electron chi connectivity index (χ1n) is 11.1. The van der Waals surface area contributed by atoms with Crippen molar-refractivity contribution in [3.05, 3.63) is 72.6 Å². The van der Waals surface area contributed by atoms with Crippen molar-refractivity contribution in [2.75, 3.05) is 25.7 Å². The first kappa shape index (κ1) is 24.5. The van der Waals surface area contributed by atoms with Gasteiger partial charge in [0.25, 0.3) is 0 Å². The molecule has 10 heteroatoms. The number of aromatic hydroxyl groups is 1. The first-order chi connectivity index (χ1) is 16.9. The summed E-state index contributed by atoms with van der Waals surface area (Å²) in [5, 5.41) is 10.5. The third-order valence-electron chi connectivity index (χ3n) is 5.94. The van der Waals surface area contributed by atoms with Gasteiger partial charge < -0.3 is 19.5 Å². The average Bonchev–Trinajstić information content (AvgIpc) is 3.38. The van der Waals surface area contributed by atoms with Crippen molar-refractivity contribution in [1.29, 1.82) is 0 Å². The van der Waals surface area contributed by atoms with Crippen LogP contribution >= 0.6 is 0 Å². The van der Waals surface area contributed by atoms with Crippen molar-refractivity contribution in [1.82, 2.24) is 9.29 Å². The second-order valence-electron chi connectivity index (χ2n) is 8.02. The van der Waals surface area contributed by atoms with Gasteiger partial charge in [0.1, 0.15) is 11.8 Å². The van der Waals surface area contributed by atoms with Crippen LogP contribution in [-0.4, -0.2) is 55.5 Å². The lowest BCUT2D eigenvalue weighted by molar-refractivity contribution is -0.121. The number of para-hydroxylation sites is 2. The lowest BCUT2D eigenvalue weighted by Crippen LogP contribution is -2.47. The molecule has 184 valence electrons. The number of hydrogen-bond acceptors (Lipinski definition) is 7. The van der Waals surface area contributed by atoms with E-state index in [4.69, 9.17) is 9.47 Å². The van der Waals surface area contributed by atoms with Crippen LogP contribution in [0.1, 0.15) is 18.5 Å². The number of amides is 1. The van der Waals surface area contributed by atoms with E-state index in [9.17, 15) is 18.3 Å². The standard InChI is InChI=1S/C25H27N3O6S/c1-33-23-13-12-19(16-24(23)34-2)35(31,32)28-15-7-10-21(28)25(30)27(17-18-8-5-6-14-26-18)20-9-3-4-11-22(20)29/h3-6,8-9,11-14,16,21,29H,7,10,15,17H2,1-2H3. The van der Waals surface area contributed by atoms with Crippen LogP contribution in [0, 0.1) is 0 Å². The molecule has 0 bridgehead atoms. The Kier molecular flexibility index (Phi) is 7.23. The van der Waals surface area contributed by atoms with Gasteiger partial charge in [-0.1, -0.05) is 18.2 Å². The Bertz CT molecular complexity index is 1300. The van der Waals surface area contributed by atoms with Crippen LogP contribution in [0.4, 0.5) is 5.69 Å². The Morgan fingerprint density at radius 2 is 1.83 bits per heavy atom. The van der Waals surface area contributed by atoms with E-state index in [1.54, 1.807) is 42.6 Å². The van der Waals surface area contributed by atoms with Gasteiger partial charge in [0.15, 0.2) is 11.5 Å². The van der Waals surface area contributed by atoms with Gasteiger partial charge in [-0.3, -0.25) is 9.78 Å². The summed E-state index contributed by atoms with van der Waals surface area (Å²) < 4.78 is 38.9. The number of carbonyl (C=O) groups is 1. The summed E-state index contributed by atoms with van der Waals surface area (Å²) in [7, 11) is -1.12. The molecule has 1 saturated heterocycles. The van der Waals surface area contributed by atoms with E-state index in [-0.39, 0.29) is 29.5 Å². The number of hydrogen-bond donors (Lipinski definition) is 1. The molecule has 2 heterocycles. The topological polar surface area (TPSA) is 109 Å². The van der Waals surface area contributed by atoms with Gasteiger partial charge in [0.2, 0.25) is 15.9 Å². The highest BCUT2D eigenvalue weighted by Crippen LogP contribution is 2.35. The highest BCUT2D eigenvalue weighted by atomic mass is 32.2. The van der Waals surface area contributed by atoms with Crippen molar-refractivity contribution < 1.29 is 27.8 Å². The van der Waals surface area contributed by atoms with Crippen molar-refractivity contribution in [2.24, 2.45) is 0 Å². The molecule has 1 N–H and O–H groups in total. The molecule has 1 unspecified atom stereocenters. The Morgan fingerprint density at radius 1 is 1.09 bits per heavy atom. The normalized spacial score (nSPS) is 16.1. The van der Waals surface area contributed by atoms with Gasteiger partial charge in [0, 0.05) is 18.8 Å². The first-order valence-corrected chi connectivity index (χ1v) is 12.5. The van der Waals surface area contributed by atoms with E-state index in [0.717, 1.165) is 0 Å². The number of carbonyl (C=O) groups excluding carboxylic acids is 1. The largest absolute Gasteiger partial charge is 0.506 e. The molecular formula is C25H27N3O6S. The van der Waals surface area contributed by atoms with Gasteiger partial charge in [-0.15, -0.1) is 0 Å². The summed E-state index contributed by atoms with van der Waals surface area (Å²) >= 11 is 0. The molecule has 1 aliphatic rings. The SMILES string of the molecule is COc1ccc(S(=O)(=O)N2CCCC2C(=O)N(Cc2ccccn2)c2ccccc2O)cc1OC. The van der Waals surface area contributed by atoms with Gasteiger partial charge in [-0.2, -0.15) is 4.31 Å². The van der Waals surface area contributed by atoms with Crippen molar-refractivity contribution in [3.63, 3.8) is 0 Å². The number of sulfonamides is 1. The molecule has 0 spiro atoms. The van der Waals surface area contributed by atoms with Gasteiger partial charge in [0.05, 0.1) is 37.0 Å². The molecule has 35 heavy (non-hydrogen) atoms. The van der Waals surface area contributed by atoms with Crippen LogP contribution in [-0.2, 0) is 21.4 Å². The van der Waals surface area contributed by atoms with E-state index < -0.39 is 22.0 Å². The summed E-state index contributed by atoms with van der Waals surface area (Å²) in [6.07, 6.45) is 2.50. The summed E-state index contributed by atoms with van der Waals surface area (Å²) in [5.41, 5.74) is 0.898. The van der Waals surface area contributed by atoms with Gasteiger partial charge in [-0.05, 0) is 49.2 Å². The number of benzene rings is 2. The molecule has 1 aliphatic heterocycles. The summed E-state index contributed by atoms with van der Waals surface area (Å²) in [6.45, 7) is 0.281. The van der Waals surface area contributed by atoms with Crippen LogP contribution in [0.2, 0.25) is 0 Å². The lowest BCUT2D eigenvalue weighted by Gasteiger charge is -2.30. The van der Waals surface area contributed by atoms with Crippen molar-refractivity contribution in [3.8, 4) is 17.2 Å². The molecule has 2 aromatic carbocycles. The van der Waals surface area contributed by atoms with E-state index in [0.29, 0.717) is 30.0 Å². The number of aromatic nitrogens is 1. The number of rotatable bonds is 8. The number of phenols is 1. The zero-order valence-electron chi connectivity index (χ0n) is 19.5. The third kappa shape index (κ3) is 4.94. The second-order valence-corrected chi connectivity index (χ2v) is 9.92. The van der Waals surface area contributed by atoms with Gasteiger partial charge >= 0.3 is 0 Å². The predicted octanol–water partition coefficient (Wildman–Crippen LogP) is 3.19. The third-order valence-corrected chi connectivity index (χ3v) is 7.84. The van der Waals surface area contributed by atoms with Crippen LogP contribution in [0.25, 0.3) is 0 Å². The Morgan fingerprint density at radius 3 is 2.51 bits per heavy atom. The van der Waals surface area contributed by atoms with E-state index in [2.05, 4.69) is 4.98 Å². The minimum Gasteiger partial charge on any atom is -0.506 e. The summed E-state index contributed by atoms with van der Waals surface area (Å²) in [5.74, 6) is 0.172. The number of phenolic OH excluding ortho intramolecular Hbond substituents is 1. The van der Waals surface area contributed by atoms with Crippen LogP contribution < -0.4 is 14.4 Å². The Hall–Kier alpha value is -3.63. The minimum atomic E-state index is -4.02. The highest BCUT2D eigenvalue weighted by Gasteiger charge is 2.42. The molecule has 4 rings (SSSR count). The fraction of sp³-hybridized carbons (Fsp3) is 0.280. The number of anilines is 1. The predicted molar refractivity (Wildman–Crippen MR) is 130 cm³/mol. The van der Waals surface area contributed by atoms with E-state index in [1.165, 1.54) is 47.7 Å². The molecule has 9 nitrogen and oxygen atoms in total. The van der Waals surface area contributed by atoms with Gasteiger partial charge in [-0.25, -0.2) is 8.42 Å². The molecule has 1 aromatic heterocycles. The monoisotopic (exact) mass is 497 g/mol. The number of ether oxygens (including phenoxy) is 2. The molecular weight excluding hydrogens is 470 g/mol. The van der Waals surface area contributed by atoms with E-state index in [1.807, 2.05) is 0 Å². The average molecular weight is 498 g/mol. The zero-order valence-corrected chi connectivity index (χ0v) is 20.3. The maximum Gasteiger partial charge on any atom is 0.245 e. The Labute approximate surface area is 204 Å². The van der Waals surface area contributed by atoms with Crippen LogP contribution in [0.3, 0.4) is 0 Å². The minimum absolute atomic E-state index is 0.00804. The maximum atomic E-state index is 13.9. The zero-order chi connectivity index (χ0) is 25.0. The fourth-order valence-electron chi connectivity index (χ4n) is 4.19. The molecule has 3 aromatic rings. The lowest BCUT2D eigenvalue weighted by atomic mass is 10.1. The highest BCUT2D eigenvalue weighted by molar-refractivity contribution is 7.89. The van der Waals surface area contributed by atoms with Crippen molar-refractivity contribution in [2.45, 2.75) is 30.3 Å². The number of nitrogens with zero attached hydrogens (tertiary/aromatic N) is 3.